The fourth-order valence-corrected chi connectivity index (χ4v) is 6.76. The van der Waals surface area contributed by atoms with Crippen molar-refractivity contribution in [2.45, 2.75) is 69.5 Å². The van der Waals surface area contributed by atoms with Crippen LogP contribution in [0.4, 0.5) is 0 Å². The number of nitrogens with zero attached hydrogens (tertiary/aromatic N) is 2. The first-order valence-corrected chi connectivity index (χ1v) is 13.5. The summed E-state index contributed by atoms with van der Waals surface area (Å²) in [5.74, 6) is 1.27. The highest BCUT2D eigenvalue weighted by Crippen LogP contribution is 2.49. The van der Waals surface area contributed by atoms with Crippen LogP contribution in [-0.2, 0) is 18.4 Å². The van der Waals surface area contributed by atoms with E-state index in [1.807, 2.05) is 29.7 Å². The summed E-state index contributed by atoms with van der Waals surface area (Å²) < 4.78 is 1.93. The quantitative estimate of drug-likeness (QED) is 0.221. The van der Waals surface area contributed by atoms with Crippen molar-refractivity contribution in [1.82, 2.24) is 9.55 Å². The largest absolute Gasteiger partial charge is 0.283 e. The van der Waals surface area contributed by atoms with Crippen LogP contribution in [0.5, 0.6) is 0 Å². The summed E-state index contributed by atoms with van der Waals surface area (Å²) in [6, 6.07) is 18.9. The van der Waals surface area contributed by atoms with Crippen molar-refractivity contribution >= 4 is 11.8 Å². The van der Waals surface area contributed by atoms with E-state index in [-0.39, 0.29) is 11.0 Å². The molecule has 3 aromatic rings. The molecule has 0 spiro atoms. The third kappa shape index (κ3) is 4.29. The van der Waals surface area contributed by atoms with Crippen LogP contribution in [0, 0.1) is 5.92 Å². The Balaban J connectivity index is 1.73. The van der Waals surface area contributed by atoms with Gasteiger partial charge in [-0.3, -0.25) is 9.36 Å². The van der Waals surface area contributed by atoms with Crippen molar-refractivity contribution in [1.29, 1.82) is 0 Å². The molecule has 0 saturated heterocycles. The molecule has 1 aromatic heterocycles. The van der Waals surface area contributed by atoms with Gasteiger partial charge in [-0.05, 0) is 43.2 Å². The molecule has 4 heteroatoms. The lowest BCUT2D eigenvalue weighted by molar-refractivity contribution is 0.212. The van der Waals surface area contributed by atoms with Gasteiger partial charge in [-0.1, -0.05) is 105 Å². The lowest BCUT2D eigenvalue weighted by Crippen LogP contribution is -2.45. The minimum absolute atomic E-state index is 0.139. The smallest absolute Gasteiger partial charge is 0.258 e. The van der Waals surface area contributed by atoms with E-state index >= 15 is 0 Å². The SMILES string of the molecule is C=C(C)CSc1nc2c(c(=O)n1Cc1ccccc1)C(C)(C1CCCCC1)Cc1ccccc1-2. The molecule has 0 N–H and O–H groups in total. The second kappa shape index (κ2) is 9.58. The Hall–Kier alpha value is -2.59. The first-order valence-electron chi connectivity index (χ1n) is 12.5. The third-order valence-electron chi connectivity index (χ3n) is 7.67. The number of rotatable bonds is 6. The number of aromatic nitrogens is 2. The molecule has 3 nitrogen and oxygen atoms in total. The van der Waals surface area contributed by atoms with E-state index in [4.69, 9.17) is 4.98 Å². The van der Waals surface area contributed by atoms with E-state index in [2.05, 4.69) is 49.9 Å². The highest BCUT2D eigenvalue weighted by atomic mass is 32.2. The molecule has 0 bridgehead atoms. The number of benzene rings is 2. The molecule has 1 atom stereocenters. The Bertz CT molecular complexity index is 1260. The van der Waals surface area contributed by atoms with E-state index in [1.54, 1.807) is 11.8 Å². The zero-order valence-corrected chi connectivity index (χ0v) is 21.2. The van der Waals surface area contributed by atoms with Gasteiger partial charge in [0.1, 0.15) is 0 Å². The molecule has 1 heterocycles. The number of hydrogen-bond acceptors (Lipinski definition) is 3. The number of thioether (sulfide) groups is 1. The molecule has 5 rings (SSSR count). The lowest BCUT2D eigenvalue weighted by Gasteiger charge is -2.44. The van der Waals surface area contributed by atoms with Crippen LogP contribution in [0.3, 0.4) is 0 Å². The summed E-state index contributed by atoms with van der Waals surface area (Å²) in [4.78, 5) is 19.7. The van der Waals surface area contributed by atoms with Crippen molar-refractivity contribution in [3.8, 4) is 11.3 Å². The Kier molecular flexibility index (Phi) is 6.52. The molecular weight excluding hydrogens is 436 g/mol. The zero-order chi connectivity index (χ0) is 23.7. The van der Waals surface area contributed by atoms with Crippen molar-refractivity contribution in [2.75, 3.05) is 5.75 Å². The highest BCUT2D eigenvalue weighted by Gasteiger charge is 2.44. The van der Waals surface area contributed by atoms with Crippen LogP contribution in [-0.4, -0.2) is 15.3 Å². The fourth-order valence-electron chi connectivity index (χ4n) is 5.93. The standard InChI is InChI=1S/C30H34N2OS/c1-21(2)20-34-29-31-27-25-17-11-10-14-23(25)18-30(3,24-15-8-5-9-16-24)26(27)28(33)32(29)19-22-12-6-4-7-13-22/h4,6-7,10-14,17,24H,1,5,8-9,15-16,18-20H2,2-3H3. The predicted octanol–water partition coefficient (Wildman–Crippen LogP) is 7.02. The van der Waals surface area contributed by atoms with E-state index in [9.17, 15) is 4.79 Å². The average Bonchev–Trinajstić information content (AvgIpc) is 2.85. The predicted molar refractivity (Wildman–Crippen MR) is 143 cm³/mol. The van der Waals surface area contributed by atoms with Crippen molar-refractivity contribution < 1.29 is 0 Å². The van der Waals surface area contributed by atoms with E-state index < -0.39 is 0 Å². The van der Waals surface area contributed by atoms with E-state index in [1.165, 1.54) is 37.7 Å². The summed E-state index contributed by atoms with van der Waals surface area (Å²) in [5, 5.41) is 0.790. The second-order valence-corrected chi connectivity index (χ2v) is 11.3. The van der Waals surface area contributed by atoms with Gasteiger partial charge in [0, 0.05) is 16.7 Å². The van der Waals surface area contributed by atoms with Gasteiger partial charge in [0.2, 0.25) is 0 Å². The minimum atomic E-state index is -0.190. The fraction of sp³-hybridized carbons (Fsp3) is 0.400. The Morgan fingerprint density at radius 3 is 2.53 bits per heavy atom. The summed E-state index contributed by atoms with van der Waals surface area (Å²) in [5.41, 5.74) is 6.46. The molecule has 1 saturated carbocycles. The maximum absolute atomic E-state index is 14.4. The molecule has 0 radical (unpaired) electrons. The van der Waals surface area contributed by atoms with E-state index in [0.717, 1.165) is 45.3 Å². The summed E-state index contributed by atoms with van der Waals surface area (Å²) in [6.45, 7) is 8.99. The van der Waals surface area contributed by atoms with Gasteiger partial charge >= 0.3 is 0 Å². The lowest BCUT2D eigenvalue weighted by atomic mass is 9.60. The Morgan fingerprint density at radius 2 is 1.79 bits per heavy atom. The Morgan fingerprint density at radius 1 is 1.09 bits per heavy atom. The monoisotopic (exact) mass is 470 g/mol. The average molecular weight is 471 g/mol. The maximum Gasteiger partial charge on any atom is 0.258 e. The Labute approximate surface area is 207 Å². The van der Waals surface area contributed by atoms with Gasteiger partial charge < -0.3 is 0 Å². The van der Waals surface area contributed by atoms with Crippen LogP contribution in [0.1, 0.15) is 62.6 Å². The van der Waals surface area contributed by atoms with Gasteiger partial charge in [-0.2, -0.15) is 0 Å². The molecule has 2 aliphatic rings. The molecule has 176 valence electrons. The summed E-state index contributed by atoms with van der Waals surface area (Å²) in [7, 11) is 0. The number of hydrogen-bond donors (Lipinski definition) is 0. The molecule has 2 aromatic carbocycles. The second-order valence-electron chi connectivity index (χ2n) is 10.3. The molecule has 0 amide bonds. The van der Waals surface area contributed by atoms with Crippen LogP contribution >= 0.6 is 11.8 Å². The molecule has 1 fully saturated rings. The molecule has 2 aliphatic carbocycles. The van der Waals surface area contributed by atoms with Gasteiger partial charge in [-0.25, -0.2) is 4.98 Å². The van der Waals surface area contributed by atoms with Crippen LogP contribution in [0.15, 0.2) is 76.7 Å². The molecule has 34 heavy (non-hydrogen) atoms. The van der Waals surface area contributed by atoms with Crippen LogP contribution in [0.25, 0.3) is 11.3 Å². The summed E-state index contributed by atoms with van der Waals surface area (Å²) >= 11 is 1.62. The zero-order valence-electron chi connectivity index (χ0n) is 20.3. The van der Waals surface area contributed by atoms with Gasteiger partial charge in [0.05, 0.1) is 17.8 Å². The minimum Gasteiger partial charge on any atom is -0.283 e. The molecule has 0 aliphatic heterocycles. The molecular formula is C30H34N2OS. The van der Waals surface area contributed by atoms with Crippen molar-refractivity contribution in [3.05, 3.63) is 93.8 Å². The first kappa shape index (κ1) is 23.2. The maximum atomic E-state index is 14.4. The van der Waals surface area contributed by atoms with Crippen molar-refractivity contribution in [3.63, 3.8) is 0 Å². The third-order valence-corrected chi connectivity index (χ3v) is 8.88. The first-order chi connectivity index (χ1) is 16.5. The number of fused-ring (bicyclic) bond motifs is 3. The highest BCUT2D eigenvalue weighted by molar-refractivity contribution is 7.99. The topological polar surface area (TPSA) is 34.9 Å². The van der Waals surface area contributed by atoms with Crippen LogP contribution < -0.4 is 5.56 Å². The van der Waals surface area contributed by atoms with Gasteiger partial charge in [-0.15, -0.1) is 0 Å². The van der Waals surface area contributed by atoms with Gasteiger partial charge in [0.25, 0.3) is 5.56 Å². The molecule has 1 unspecified atom stereocenters. The van der Waals surface area contributed by atoms with Crippen LogP contribution in [0.2, 0.25) is 0 Å². The summed E-state index contributed by atoms with van der Waals surface area (Å²) in [6.07, 6.45) is 7.14. The normalized spacial score (nSPS) is 19.9. The van der Waals surface area contributed by atoms with Gasteiger partial charge in [0.15, 0.2) is 5.16 Å². The van der Waals surface area contributed by atoms with E-state index in [0.29, 0.717) is 12.5 Å². The van der Waals surface area contributed by atoms with Crippen molar-refractivity contribution in [2.24, 2.45) is 5.92 Å².